The highest BCUT2D eigenvalue weighted by Crippen LogP contribution is 2.47. The third-order valence-corrected chi connectivity index (χ3v) is 10.5. The number of carboxylic acid groups (broad SMARTS) is 1. The predicted molar refractivity (Wildman–Crippen MR) is 189 cm³/mol. The maximum atomic E-state index is 15.3. The van der Waals surface area contributed by atoms with Crippen LogP contribution in [-0.4, -0.2) is 65.3 Å². The fourth-order valence-electron chi connectivity index (χ4n) is 8.08. The first-order valence-electron chi connectivity index (χ1n) is 17.7. The van der Waals surface area contributed by atoms with Gasteiger partial charge in [0.25, 0.3) is 0 Å². The van der Waals surface area contributed by atoms with Gasteiger partial charge in [-0.15, -0.1) is 0 Å². The topological polar surface area (TPSA) is 111 Å². The molecule has 0 unspecified atom stereocenters. The van der Waals surface area contributed by atoms with Gasteiger partial charge in [0.15, 0.2) is 11.5 Å². The van der Waals surface area contributed by atoms with Crippen LogP contribution in [-0.2, 0) is 22.4 Å². The number of likely N-dealkylation sites (tertiary alicyclic amines) is 1. The van der Waals surface area contributed by atoms with Crippen molar-refractivity contribution in [2.24, 2.45) is 11.8 Å². The Morgan fingerprint density at radius 2 is 1.55 bits per heavy atom. The van der Waals surface area contributed by atoms with Crippen molar-refractivity contribution in [3.05, 3.63) is 90.0 Å². The summed E-state index contributed by atoms with van der Waals surface area (Å²) in [7, 11) is 4.70. The molecule has 0 bridgehead atoms. The smallest absolute Gasteiger partial charge is 0.329 e. The standard InChI is InChI=1S/C40H51N3O6/c1-47-34-25-32(26-35(48-2)37(34)49-3)36(31-17-5-4-6-18-31)38(44)43-24-8-7-21-40(43,39(45)46)33(19-9-13-29-15-11-22-41-27-29)20-10-14-30-16-12-23-42-28-30/h5,11-12,15-17,22-23,25-28,31,33,36H,4,6-10,13-14,18-21,24H2,1-3H3,(H,45,46)/t31-,36+,40+/m1/s1. The van der Waals surface area contributed by atoms with E-state index in [0.29, 0.717) is 43.1 Å². The molecule has 1 aliphatic heterocycles. The Kier molecular flexibility index (Phi) is 12.7. The number of pyridine rings is 2. The quantitative estimate of drug-likeness (QED) is 0.157. The number of nitrogens with zero attached hydrogens (tertiary/aromatic N) is 3. The molecule has 49 heavy (non-hydrogen) atoms. The van der Waals surface area contributed by atoms with Crippen molar-refractivity contribution in [2.75, 3.05) is 27.9 Å². The van der Waals surface area contributed by atoms with Crippen LogP contribution in [0.5, 0.6) is 17.2 Å². The van der Waals surface area contributed by atoms with Gasteiger partial charge in [0.05, 0.1) is 27.2 Å². The lowest BCUT2D eigenvalue weighted by molar-refractivity contribution is -0.169. The number of aromatic nitrogens is 2. The predicted octanol–water partition coefficient (Wildman–Crippen LogP) is 7.44. The van der Waals surface area contributed by atoms with Crippen LogP contribution < -0.4 is 14.2 Å². The molecule has 3 heterocycles. The molecule has 9 nitrogen and oxygen atoms in total. The average molecular weight is 670 g/mol. The van der Waals surface area contributed by atoms with E-state index in [1.807, 2.05) is 36.7 Å². The summed E-state index contributed by atoms with van der Waals surface area (Å²) in [6.07, 6.45) is 20.9. The van der Waals surface area contributed by atoms with Crippen molar-refractivity contribution in [2.45, 2.75) is 88.5 Å². The van der Waals surface area contributed by atoms with Gasteiger partial charge < -0.3 is 24.2 Å². The maximum Gasteiger partial charge on any atom is 0.329 e. The number of ether oxygens (including phenoxy) is 3. The Balaban J connectivity index is 1.54. The molecule has 262 valence electrons. The molecule has 1 aliphatic carbocycles. The number of piperidine rings is 1. The molecule has 1 amide bonds. The number of rotatable bonds is 16. The third kappa shape index (κ3) is 8.26. The Bertz CT molecular complexity index is 1480. The van der Waals surface area contributed by atoms with Crippen LogP contribution in [0.4, 0.5) is 0 Å². The van der Waals surface area contributed by atoms with Gasteiger partial charge in [-0.25, -0.2) is 4.79 Å². The van der Waals surface area contributed by atoms with Crippen LogP contribution in [0.1, 0.15) is 86.8 Å². The zero-order chi connectivity index (χ0) is 34.6. The Labute approximate surface area is 290 Å². The lowest BCUT2D eigenvalue weighted by atomic mass is 9.70. The number of carbonyl (C=O) groups excluding carboxylic acids is 1. The molecular weight excluding hydrogens is 618 g/mol. The number of allylic oxidation sites excluding steroid dienone is 2. The number of hydrogen-bond donors (Lipinski definition) is 1. The Hall–Kier alpha value is -4.40. The summed E-state index contributed by atoms with van der Waals surface area (Å²) in [4.78, 5) is 39.4. The number of hydrogen-bond acceptors (Lipinski definition) is 7. The zero-order valence-corrected chi connectivity index (χ0v) is 29.2. The van der Waals surface area contributed by atoms with Crippen LogP contribution in [0.25, 0.3) is 0 Å². The molecule has 9 heteroatoms. The van der Waals surface area contributed by atoms with Crippen molar-refractivity contribution in [1.82, 2.24) is 14.9 Å². The van der Waals surface area contributed by atoms with Crippen molar-refractivity contribution in [3.8, 4) is 17.2 Å². The van der Waals surface area contributed by atoms with E-state index >= 15 is 4.79 Å². The second-order valence-electron chi connectivity index (χ2n) is 13.3. The van der Waals surface area contributed by atoms with Gasteiger partial charge in [0, 0.05) is 31.3 Å². The summed E-state index contributed by atoms with van der Waals surface area (Å²) in [6, 6.07) is 11.7. The molecule has 1 N–H and O–H groups in total. The van der Waals surface area contributed by atoms with Crippen molar-refractivity contribution >= 4 is 11.9 Å². The van der Waals surface area contributed by atoms with Crippen LogP contribution in [0.3, 0.4) is 0 Å². The number of carboxylic acids is 1. The Morgan fingerprint density at radius 3 is 2.04 bits per heavy atom. The fraction of sp³-hybridized carbons (Fsp3) is 0.500. The van der Waals surface area contributed by atoms with E-state index in [1.54, 1.807) is 38.6 Å². The van der Waals surface area contributed by atoms with Crippen LogP contribution in [0.15, 0.2) is 73.3 Å². The summed E-state index contributed by atoms with van der Waals surface area (Å²) >= 11 is 0. The summed E-state index contributed by atoms with van der Waals surface area (Å²) in [5, 5.41) is 11.3. The number of amides is 1. The van der Waals surface area contributed by atoms with E-state index in [2.05, 4.69) is 34.3 Å². The summed E-state index contributed by atoms with van der Waals surface area (Å²) in [5.74, 6) is -0.568. The van der Waals surface area contributed by atoms with Crippen LogP contribution in [0.2, 0.25) is 0 Å². The van der Waals surface area contributed by atoms with E-state index in [0.717, 1.165) is 74.5 Å². The van der Waals surface area contributed by atoms with Crippen molar-refractivity contribution < 1.29 is 28.9 Å². The zero-order valence-electron chi connectivity index (χ0n) is 29.2. The highest BCUT2D eigenvalue weighted by molar-refractivity contribution is 5.92. The highest BCUT2D eigenvalue weighted by Gasteiger charge is 2.54. The van der Waals surface area contributed by atoms with Gasteiger partial charge in [0.2, 0.25) is 11.7 Å². The molecule has 2 aliphatic rings. The summed E-state index contributed by atoms with van der Waals surface area (Å²) in [5.41, 5.74) is 1.68. The summed E-state index contributed by atoms with van der Waals surface area (Å²) < 4.78 is 17.0. The highest BCUT2D eigenvalue weighted by atomic mass is 16.5. The van der Waals surface area contributed by atoms with Crippen LogP contribution >= 0.6 is 0 Å². The first kappa shape index (κ1) is 35.9. The number of aliphatic carboxylic acids is 1. The SMILES string of the molecule is COc1cc([C@@H](C(=O)N2CCCC[C@@]2(C(=O)O)C(CCCc2cccnc2)CCCc2cccnc2)[C@@H]2C=CCCC2)cc(OC)c1OC. The van der Waals surface area contributed by atoms with Gasteiger partial charge in [-0.2, -0.15) is 0 Å². The molecule has 0 radical (unpaired) electrons. The fourth-order valence-corrected chi connectivity index (χ4v) is 8.08. The molecule has 1 aromatic carbocycles. The molecule has 3 aromatic rings. The molecule has 3 atom stereocenters. The minimum absolute atomic E-state index is 0.0907. The molecule has 5 rings (SSSR count). The van der Waals surface area contributed by atoms with Crippen molar-refractivity contribution in [3.63, 3.8) is 0 Å². The molecule has 2 aromatic heterocycles. The second-order valence-corrected chi connectivity index (χ2v) is 13.3. The molecule has 0 spiro atoms. The van der Waals surface area contributed by atoms with Gasteiger partial charge in [-0.05, 0) is 130 Å². The summed E-state index contributed by atoms with van der Waals surface area (Å²) in [6.45, 7) is 0.407. The molecule has 1 saturated heterocycles. The maximum absolute atomic E-state index is 15.3. The number of carbonyl (C=O) groups is 2. The molecular formula is C40H51N3O6. The molecule has 0 saturated carbocycles. The number of methoxy groups -OCH3 is 3. The Morgan fingerprint density at radius 1 is 0.918 bits per heavy atom. The lowest BCUT2D eigenvalue weighted by Crippen LogP contribution is -2.64. The normalized spacial score (nSPS) is 19.8. The van der Waals surface area contributed by atoms with E-state index in [9.17, 15) is 9.90 Å². The lowest BCUT2D eigenvalue weighted by Gasteiger charge is -2.50. The van der Waals surface area contributed by atoms with Gasteiger partial charge >= 0.3 is 5.97 Å². The first-order valence-corrected chi connectivity index (χ1v) is 17.7. The minimum Gasteiger partial charge on any atom is -0.493 e. The number of benzene rings is 1. The van der Waals surface area contributed by atoms with E-state index in [4.69, 9.17) is 14.2 Å². The van der Waals surface area contributed by atoms with Gasteiger partial charge in [-0.1, -0.05) is 24.3 Å². The minimum atomic E-state index is -1.32. The van der Waals surface area contributed by atoms with E-state index < -0.39 is 17.4 Å². The average Bonchev–Trinajstić information content (AvgIpc) is 3.15. The second kappa shape index (κ2) is 17.3. The number of aryl methyl sites for hydroxylation is 2. The van der Waals surface area contributed by atoms with Gasteiger partial charge in [0.1, 0.15) is 5.54 Å². The van der Waals surface area contributed by atoms with Gasteiger partial charge in [-0.3, -0.25) is 14.8 Å². The van der Waals surface area contributed by atoms with E-state index in [-0.39, 0.29) is 17.7 Å². The monoisotopic (exact) mass is 669 g/mol. The largest absolute Gasteiger partial charge is 0.493 e. The van der Waals surface area contributed by atoms with Crippen LogP contribution in [0, 0.1) is 11.8 Å². The van der Waals surface area contributed by atoms with Crippen molar-refractivity contribution in [1.29, 1.82) is 0 Å². The van der Waals surface area contributed by atoms with E-state index in [1.165, 1.54) is 0 Å². The molecule has 1 fully saturated rings. The third-order valence-electron chi connectivity index (χ3n) is 10.5. The first-order chi connectivity index (χ1) is 23.9.